The molecule has 3 heterocycles. The van der Waals surface area contributed by atoms with Gasteiger partial charge in [0.1, 0.15) is 16.6 Å². The van der Waals surface area contributed by atoms with Crippen molar-refractivity contribution >= 4 is 50.2 Å². The molecule has 0 saturated carbocycles. The van der Waals surface area contributed by atoms with Crippen LogP contribution in [0.4, 0.5) is 17.1 Å². The fraction of sp³-hybridized carbons (Fsp3) is 0.125. The van der Waals surface area contributed by atoms with E-state index in [1.165, 1.54) is 44.5 Å². The van der Waals surface area contributed by atoms with Gasteiger partial charge >= 0.3 is 0 Å². The topological polar surface area (TPSA) is 120 Å². The van der Waals surface area contributed by atoms with E-state index < -0.39 is 0 Å². The number of aromatic nitrogens is 6. The lowest BCUT2D eigenvalue weighted by molar-refractivity contribution is 0.315. The summed E-state index contributed by atoms with van der Waals surface area (Å²) < 4.78 is 16.4. The minimum atomic E-state index is -0.101. The van der Waals surface area contributed by atoms with Crippen molar-refractivity contribution < 1.29 is 13.9 Å². The van der Waals surface area contributed by atoms with Crippen LogP contribution in [-0.4, -0.2) is 30.9 Å². The van der Waals surface area contributed by atoms with E-state index in [2.05, 4.69) is 156 Å². The number of nitrogens with zero attached hydrogens (tertiary/aromatic N) is 7. The summed E-state index contributed by atoms with van der Waals surface area (Å²) in [5.74, 6) is 0. The lowest BCUT2D eigenvalue weighted by Crippen LogP contribution is -2.14. The van der Waals surface area contributed by atoms with Crippen molar-refractivity contribution in [2.75, 3.05) is 4.90 Å². The van der Waals surface area contributed by atoms with Crippen LogP contribution in [0, 0.1) is 0 Å². The Labute approximate surface area is 331 Å². The number of hydrogen-bond acceptors (Lipinski definition) is 10. The normalized spacial score (nSPS) is 14.5. The Kier molecular flexibility index (Phi) is 6.52. The molecule has 7 aromatic carbocycles. The Morgan fingerprint density at radius 1 is 0.362 bits per heavy atom. The fourth-order valence-electron chi connectivity index (χ4n) is 9.67. The molecule has 0 unspecified atom stereocenters. The van der Waals surface area contributed by atoms with Crippen LogP contribution in [0.3, 0.4) is 0 Å². The third-order valence-corrected chi connectivity index (χ3v) is 12.6. The second-order valence-corrected chi connectivity index (χ2v) is 16.3. The van der Waals surface area contributed by atoms with E-state index in [4.69, 9.17) is 13.9 Å². The highest BCUT2D eigenvalue weighted by molar-refractivity contribution is 6.09. The molecule has 58 heavy (non-hydrogen) atoms. The second kappa shape index (κ2) is 11.5. The van der Waals surface area contributed by atoms with E-state index in [9.17, 15) is 0 Å². The number of fused-ring (bicyclic) bond motifs is 9. The molecule has 0 amide bonds. The molecule has 2 aliphatic carbocycles. The molecule has 0 spiro atoms. The molecule has 0 atom stereocenters. The zero-order valence-electron chi connectivity index (χ0n) is 32.0. The molecule has 12 rings (SSSR count). The van der Waals surface area contributed by atoms with Crippen LogP contribution in [0.25, 0.3) is 77.6 Å². The molecule has 10 aromatic rings. The summed E-state index contributed by atoms with van der Waals surface area (Å²) in [5, 5.41) is 26.6. The van der Waals surface area contributed by atoms with Gasteiger partial charge < -0.3 is 4.90 Å². The minimum Gasteiger partial charge on any atom is -0.303 e. The van der Waals surface area contributed by atoms with Crippen LogP contribution in [0.1, 0.15) is 49.9 Å². The number of benzene rings is 7. The summed E-state index contributed by atoms with van der Waals surface area (Å²) in [4.78, 5) is 2.03. The van der Waals surface area contributed by atoms with Crippen LogP contribution in [0.15, 0.2) is 141 Å². The summed E-state index contributed by atoms with van der Waals surface area (Å²) in [6, 6.07) is 44.5. The summed E-state index contributed by atoms with van der Waals surface area (Å²) in [6.45, 7) is 9.13. The first-order valence-electron chi connectivity index (χ1n) is 19.3. The van der Waals surface area contributed by atoms with Gasteiger partial charge in [0.15, 0.2) is 16.6 Å². The van der Waals surface area contributed by atoms with Gasteiger partial charge in [0.05, 0.1) is 17.1 Å². The number of hydrogen-bond donors (Lipinski definition) is 0. The maximum absolute atomic E-state index is 5.55. The Bertz CT molecular complexity index is 3150. The predicted octanol–water partition coefficient (Wildman–Crippen LogP) is 11.7. The number of anilines is 3. The van der Waals surface area contributed by atoms with E-state index in [-0.39, 0.29) is 10.8 Å². The Morgan fingerprint density at radius 2 is 0.810 bits per heavy atom. The van der Waals surface area contributed by atoms with Gasteiger partial charge in [0, 0.05) is 22.0 Å². The van der Waals surface area contributed by atoms with Crippen molar-refractivity contribution in [3.63, 3.8) is 0 Å². The fourth-order valence-corrected chi connectivity index (χ4v) is 9.67. The van der Waals surface area contributed by atoms with Crippen molar-refractivity contribution in [1.29, 1.82) is 0 Å². The first-order chi connectivity index (χ1) is 28.3. The van der Waals surface area contributed by atoms with Crippen LogP contribution in [-0.2, 0) is 10.8 Å². The average Bonchev–Trinajstić information content (AvgIpc) is 4.10. The van der Waals surface area contributed by atoms with Gasteiger partial charge in [-0.05, 0) is 135 Å². The van der Waals surface area contributed by atoms with Crippen molar-refractivity contribution in [2.45, 2.75) is 38.5 Å². The standard InChI is InChI=1S/C48H33N7O3/c1-47(2)34-12-7-5-10-30(34)32-24-26(16-20-36(32)47)28-18-22-40(45-42(28)50-57-53-45)55(39-15-9-14-38-44(39)52-56-49-38)41-23-19-29(43-46(41)54-58-51-43)27-17-21-37-33(25-27)31-11-6-8-13-35(31)48(37,3)4/h5-25H,1-4H3. The molecule has 0 fully saturated rings. The SMILES string of the molecule is CC1(C)c2ccccc2-c2cc(-c3ccc(N(c4cccc5nonc45)c4ccc(-c5ccc6c(c5)-c5ccccc5C6(C)C)c5nonc45)c4nonc34)ccc21. The van der Waals surface area contributed by atoms with E-state index in [0.29, 0.717) is 50.2 Å². The highest BCUT2D eigenvalue weighted by Gasteiger charge is 2.37. The van der Waals surface area contributed by atoms with Gasteiger partial charge in [-0.25, -0.2) is 13.9 Å². The van der Waals surface area contributed by atoms with Crippen LogP contribution in [0.5, 0.6) is 0 Å². The zero-order valence-corrected chi connectivity index (χ0v) is 32.0. The molecule has 0 aliphatic heterocycles. The second-order valence-electron chi connectivity index (χ2n) is 16.3. The van der Waals surface area contributed by atoms with Crippen LogP contribution < -0.4 is 4.90 Å². The monoisotopic (exact) mass is 755 g/mol. The van der Waals surface area contributed by atoms with Gasteiger partial charge in [-0.15, -0.1) is 0 Å². The Hall–Kier alpha value is -7.46. The molecule has 3 aromatic heterocycles. The zero-order chi connectivity index (χ0) is 38.9. The lowest BCUT2D eigenvalue weighted by Gasteiger charge is -2.26. The number of rotatable bonds is 5. The third kappa shape index (κ3) is 4.36. The molecule has 0 N–H and O–H groups in total. The molecular formula is C48H33N7O3. The smallest absolute Gasteiger partial charge is 0.159 e. The molecule has 0 radical (unpaired) electrons. The van der Waals surface area contributed by atoms with E-state index in [1.807, 2.05) is 35.2 Å². The predicted molar refractivity (Wildman–Crippen MR) is 223 cm³/mol. The highest BCUT2D eigenvalue weighted by atomic mass is 16.6. The van der Waals surface area contributed by atoms with Crippen molar-refractivity contribution in [3.05, 3.63) is 150 Å². The summed E-state index contributed by atoms with van der Waals surface area (Å²) in [7, 11) is 0. The molecule has 10 nitrogen and oxygen atoms in total. The van der Waals surface area contributed by atoms with E-state index in [0.717, 1.165) is 22.3 Å². The van der Waals surface area contributed by atoms with Crippen LogP contribution in [0.2, 0.25) is 0 Å². The van der Waals surface area contributed by atoms with Gasteiger partial charge in [-0.3, -0.25) is 0 Å². The van der Waals surface area contributed by atoms with Crippen molar-refractivity contribution in [1.82, 2.24) is 30.9 Å². The third-order valence-electron chi connectivity index (χ3n) is 12.6. The highest BCUT2D eigenvalue weighted by Crippen LogP contribution is 2.52. The summed E-state index contributed by atoms with van der Waals surface area (Å²) in [6.07, 6.45) is 0. The van der Waals surface area contributed by atoms with Gasteiger partial charge in [-0.1, -0.05) is 107 Å². The summed E-state index contributed by atoms with van der Waals surface area (Å²) >= 11 is 0. The molecule has 0 saturated heterocycles. The summed E-state index contributed by atoms with van der Waals surface area (Å²) in [5.41, 5.74) is 19.4. The quantitative estimate of drug-likeness (QED) is 0.168. The molecule has 10 heteroatoms. The van der Waals surface area contributed by atoms with Gasteiger partial charge in [0.25, 0.3) is 0 Å². The first-order valence-corrected chi connectivity index (χ1v) is 19.3. The molecule has 2 aliphatic rings. The Balaban J connectivity index is 1.03. The lowest BCUT2D eigenvalue weighted by atomic mass is 9.82. The molecule has 278 valence electrons. The van der Waals surface area contributed by atoms with Gasteiger partial charge in [0.2, 0.25) is 0 Å². The van der Waals surface area contributed by atoms with Crippen LogP contribution >= 0.6 is 0 Å². The Morgan fingerprint density at radius 3 is 1.36 bits per heavy atom. The first kappa shape index (κ1) is 32.8. The van der Waals surface area contributed by atoms with E-state index >= 15 is 0 Å². The largest absolute Gasteiger partial charge is 0.303 e. The van der Waals surface area contributed by atoms with Crippen molar-refractivity contribution in [3.8, 4) is 44.5 Å². The van der Waals surface area contributed by atoms with E-state index in [1.54, 1.807) is 0 Å². The maximum Gasteiger partial charge on any atom is 0.159 e. The minimum absolute atomic E-state index is 0.101. The van der Waals surface area contributed by atoms with Crippen molar-refractivity contribution in [2.24, 2.45) is 0 Å². The maximum atomic E-state index is 5.55. The average molecular weight is 756 g/mol. The molecule has 0 bridgehead atoms. The molecular weight excluding hydrogens is 723 g/mol. The van der Waals surface area contributed by atoms with Gasteiger partial charge in [-0.2, -0.15) is 0 Å².